The first kappa shape index (κ1) is 47.5. The van der Waals surface area contributed by atoms with Crippen molar-refractivity contribution in [2.24, 2.45) is 0 Å². The molecule has 0 spiro atoms. The third-order valence-electron chi connectivity index (χ3n) is 7.11. The number of carboxylic acid groups (broad SMARTS) is 1. The SMILES string of the molecule is C.C.C=C(C)C(=O)Oc1cc(OC(=O)C(=C)C)cc(C(=O)OCCCCCCCCCCCCCCCC)c1.O=C(O)c1cc(O)cc(O)c1. The van der Waals surface area contributed by atoms with Gasteiger partial charge in [0, 0.05) is 23.3 Å². The van der Waals surface area contributed by atoms with E-state index in [9.17, 15) is 19.2 Å². The van der Waals surface area contributed by atoms with Crippen molar-refractivity contribution < 1.29 is 48.7 Å². The molecule has 3 N–H and O–H groups in total. The topological polar surface area (TPSA) is 157 Å². The molecule has 2 rings (SSSR count). The minimum Gasteiger partial charge on any atom is -0.508 e. The predicted octanol–water partition coefficient (Wildman–Crippen LogP) is 10.4. The normalized spacial score (nSPS) is 9.90. The van der Waals surface area contributed by atoms with E-state index in [-0.39, 0.29) is 60.1 Å². The number of aromatic hydroxyl groups is 2. The van der Waals surface area contributed by atoms with Crippen LogP contribution in [-0.2, 0) is 14.3 Å². The largest absolute Gasteiger partial charge is 0.508 e. The molecule has 0 saturated carbocycles. The van der Waals surface area contributed by atoms with Gasteiger partial charge < -0.3 is 29.5 Å². The molecule has 0 atom stereocenters. The molecule has 10 heteroatoms. The van der Waals surface area contributed by atoms with Gasteiger partial charge in [-0.3, -0.25) is 0 Å². The number of phenolic OH excluding ortho intramolecular Hbond substituents is 2. The molecule has 0 heterocycles. The molecular formula is C40H60O10. The Kier molecular flexibility index (Phi) is 25.9. The molecule has 0 aliphatic rings. The van der Waals surface area contributed by atoms with Gasteiger partial charge in [-0.15, -0.1) is 0 Å². The van der Waals surface area contributed by atoms with Crippen LogP contribution in [0, 0.1) is 0 Å². The van der Waals surface area contributed by atoms with Gasteiger partial charge in [-0.2, -0.15) is 0 Å². The number of carbonyl (C=O) groups is 4. The summed E-state index contributed by atoms with van der Waals surface area (Å²) in [5.41, 5.74) is 0.391. The molecule has 2 aromatic carbocycles. The fourth-order valence-electron chi connectivity index (χ4n) is 4.46. The summed E-state index contributed by atoms with van der Waals surface area (Å²) < 4.78 is 15.8. The summed E-state index contributed by atoms with van der Waals surface area (Å²) in [6.07, 6.45) is 17.5. The van der Waals surface area contributed by atoms with E-state index >= 15 is 0 Å². The molecule has 0 fully saturated rings. The first-order chi connectivity index (χ1) is 22.8. The van der Waals surface area contributed by atoms with Crippen molar-refractivity contribution in [1.29, 1.82) is 0 Å². The number of rotatable bonds is 21. The minimum atomic E-state index is -1.18. The van der Waals surface area contributed by atoms with Crippen molar-refractivity contribution in [3.8, 4) is 23.0 Å². The average molecular weight is 701 g/mol. The number of carboxylic acids is 1. The first-order valence-corrected chi connectivity index (χ1v) is 16.7. The summed E-state index contributed by atoms with van der Waals surface area (Å²) in [7, 11) is 0. The number of aromatic carboxylic acids is 1. The third-order valence-corrected chi connectivity index (χ3v) is 7.11. The van der Waals surface area contributed by atoms with Gasteiger partial charge in [0.15, 0.2) is 0 Å². The Morgan fingerprint density at radius 1 is 0.580 bits per heavy atom. The van der Waals surface area contributed by atoms with Crippen LogP contribution >= 0.6 is 0 Å². The van der Waals surface area contributed by atoms with E-state index in [1.807, 2.05) is 0 Å². The van der Waals surface area contributed by atoms with Gasteiger partial charge >= 0.3 is 23.9 Å². The second-order valence-electron chi connectivity index (χ2n) is 11.8. The fourth-order valence-corrected chi connectivity index (χ4v) is 4.46. The van der Waals surface area contributed by atoms with Crippen molar-refractivity contribution in [3.63, 3.8) is 0 Å². The van der Waals surface area contributed by atoms with E-state index in [2.05, 4.69) is 20.1 Å². The Hall–Kier alpha value is -4.60. The lowest BCUT2D eigenvalue weighted by Gasteiger charge is -2.11. The molecule has 0 aliphatic heterocycles. The average Bonchev–Trinajstić information content (AvgIpc) is 3.02. The number of carbonyl (C=O) groups excluding carboxylic acids is 3. The molecule has 0 radical (unpaired) electrons. The third kappa shape index (κ3) is 21.4. The van der Waals surface area contributed by atoms with E-state index in [4.69, 9.17) is 29.5 Å². The van der Waals surface area contributed by atoms with Crippen LogP contribution in [0.1, 0.15) is 146 Å². The van der Waals surface area contributed by atoms with E-state index < -0.39 is 23.9 Å². The summed E-state index contributed by atoms with van der Waals surface area (Å²) in [4.78, 5) is 46.7. The van der Waals surface area contributed by atoms with Gasteiger partial charge in [-0.25, -0.2) is 19.2 Å². The summed E-state index contributed by atoms with van der Waals surface area (Å²) in [5.74, 6) is -3.46. The molecule has 0 saturated heterocycles. The quantitative estimate of drug-likeness (QED) is 0.0495. The summed E-state index contributed by atoms with van der Waals surface area (Å²) >= 11 is 0. The van der Waals surface area contributed by atoms with Crippen molar-refractivity contribution >= 4 is 23.9 Å². The Balaban J connectivity index is 0. The van der Waals surface area contributed by atoms with E-state index in [1.54, 1.807) is 0 Å². The highest BCUT2D eigenvalue weighted by atomic mass is 16.5. The number of unbranched alkanes of at least 4 members (excludes halogenated alkanes) is 13. The Morgan fingerprint density at radius 3 is 1.32 bits per heavy atom. The molecule has 0 bridgehead atoms. The standard InChI is InChI=1S/C31H46O6.C7H6O4.2CH4/c1-6-7-8-9-10-11-12-13-14-15-16-17-18-19-20-35-31(34)26-21-27(36-29(32)24(2)3)23-28(22-26)37-30(33)25(4)5;8-5-1-4(7(10)11)2-6(9)3-5;;/h21-23H,2,4,6-20H2,1,3,5H3;1-3,8-9H,(H,10,11);2*1H4. The van der Waals surface area contributed by atoms with Crippen LogP contribution in [0.5, 0.6) is 23.0 Å². The fraction of sp³-hybridized carbons (Fsp3) is 0.500. The lowest BCUT2D eigenvalue weighted by Crippen LogP contribution is -2.12. The molecule has 0 aliphatic carbocycles. The Morgan fingerprint density at radius 2 is 0.960 bits per heavy atom. The second kappa shape index (κ2) is 27.2. The monoisotopic (exact) mass is 700 g/mol. The van der Waals surface area contributed by atoms with Gasteiger partial charge in [0.1, 0.15) is 23.0 Å². The maximum absolute atomic E-state index is 12.6. The van der Waals surface area contributed by atoms with E-state index in [0.717, 1.165) is 37.5 Å². The maximum atomic E-state index is 12.6. The molecule has 2 aromatic rings. The summed E-state index contributed by atoms with van der Waals surface area (Å²) in [5, 5.41) is 26.1. The summed E-state index contributed by atoms with van der Waals surface area (Å²) in [6.45, 7) is 12.7. The number of hydrogen-bond acceptors (Lipinski definition) is 9. The number of esters is 3. The Labute approximate surface area is 299 Å². The van der Waals surface area contributed by atoms with Crippen LogP contribution in [-0.4, -0.2) is 45.8 Å². The van der Waals surface area contributed by atoms with Gasteiger partial charge in [0.2, 0.25) is 0 Å². The molecule has 0 aromatic heterocycles. The van der Waals surface area contributed by atoms with Gasteiger partial charge in [-0.1, -0.05) is 118 Å². The van der Waals surface area contributed by atoms with Crippen molar-refractivity contribution in [2.75, 3.05) is 6.61 Å². The molecule has 0 amide bonds. The van der Waals surface area contributed by atoms with Crippen molar-refractivity contribution in [2.45, 2.75) is 126 Å². The highest BCUT2D eigenvalue weighted by Crippen LogP contribution is 2.25. The zero-order valence-electron chi connectivity index (χ0n) is 28.7. The van der Waals surface area contributed by atoms with Crippen LogP contribution in [0.4, 0.5) is 0 Å². The predicted molar refractivity (Wildman–Crippen MR) is 198 cm³/mol. The lowest BCUT2D eigenvalue weighted by atomic mass is 10.0. The first-order valence-electron chi connectivity index (χ1n) is 16.7. The highest BCUT2D eigenvalue weighted by molar-refractivity contribution is 5.93. The van der Waals surface area contributed by atoms with Crippen LogP contribution in [0.25, 0.3) is 0 Å². The molecule has 0 unspecified atom stereocenters. The smallest absolute Gasteiger partial charge is 0.338 e. The van der Waals surface area contributed by atoms with Gasteiger partial charge in [0.05, 0.1) is 17.7 Å². The highest BCUT2D eigenvalue weighted by Gasteiger charge is 2.16. The van der Waals surface area contributed by atoms with E-state index in [0.29, 0.717) is 6.61 Å². The second-order valence-corrected chi connectivity index (χ2v) is 11.8. The minimum absolute atomic E-state index is 0. The summed E-state index contributed by atoms with van der Waals surface area (Å²) in [6, 6.07) is 7.29. The van der Waals surface area contributed by atoms with Gasteiger partial charge in [-0.05, 0) is 44.5 Å². The number of hydrogen-bond donors (Lipinski definition) is 3. The van der Waals surface area contributed by atoms with Crippen LogP contribution < -0.4 is 9.47 Å². The van der Waals surface area contributed by atoms with Crippen LogP contribution in [0.15, 0.2) is 60.7 Å². The van der Waals surface area contributed by atoms with Gasteiger partial charge in [0.25, 0.3) is 0 Å². The number of benzene rings is 2. The molecular weight excluding hydrogens is 640 g/mol. The van der Waals surface area contributed by atoms with E-state index in [1.165, 1.54) is 103 Å². The lowest BCUT2D eigenvalue weighted by molar-refractivity contribution is -0.130. The zero-order valence-corrected chi connectivity index (χ0v) is 28.7. The molecule has 280 valence electrons. The van der Waals surface area contributed by atoms with Crippen LogP contribution in [0.2, 0.25) is 0 Å². The Bertz CT molecular complexity index is 1300. The van der Waals surface area contributed by atoms with Crippen LogP contribution in [0.3, 0.4) is 0 Å². The molecule has 10 nitrogen and oxygen atoms in total. The maximum Gasteiger partial charge on any atom is 0.338 e. The number of ether oxygens (including phenoxy) is 3. The zero-order chi connectivity index (χ0) is 35.9. The number of phenols is 2. The molecule has 50 heavy (non-hydrogen) atoms. The van der Waals surface area contributed by atoms with Crippen molar-refractivity contribution in [3.05, 3.63) is 71.8 Å². The van der Waals surface area contributed by atoms with Crippen molar-refractivity contribution in [1.82, 2.24) is 0 Å².